The maximum Gasteiger partial charge on any atom is 0.490 e. The zero-order valence-electron chi connectivity index (χ0n) is 19.3. The second-order valence-electron chi connectivity index (χ2n) is 7.81. The normalized spacial score (nSPS) is 11.2. The first-order valence-electron chi connectivity index (χ1n) is 10.6. The lowest BCUT2D eigenvalue weighted by Gasteiger charge is -2.05. The number of ketones is 1. The fourth-order valence-electron chi connectivity index (χ4n) is 3.26. The van der Waals surface area contributed by atoms with Crippen LogP contribution in [0.3, 0.4) is 0 Å². The Morgan fingerprint density at radius 1 is 1.21 bits per heavy atom. The van der Waals surface area contributed by atoms with E-state index in [9.17, 15) is 18.0 Å². The van der Waals surface area contributed by atoms with Gasteiger partial charge in [-0.15, -0.1) is 0 Å². The molecule has 0 amide bonds. The van der Waals surface area contributed by atoms with Crippen LogP contribution in [0.5, 0.6) is 0 Å². The summed E-state index contributed by atoms with van der Waals surface area (Å²) in [6.07, 6.45) is 0.192. The van der Waals surface area contributed by atoms with Crippen molar-refractivity contribution < 1.29 is 27.9 Å². The van der Waals surface area contributed by atoms with Crippen LogP contribution in [0.2, 0.25) is 5.02 Å². The first-order valence-corrected chi connectivity index (χ1v) is 11.8. The van der Waals surface area contributed by atoms with E-state index in [2.05, 4.69) is 30.0 Å². The summed E-state index contributed by atoms with van der Waals surface area (Å²) in [5.41, 5.74) is 3.93. The third-order valence-corrected chi connectivity index (χ3v) is 6.08. The van der Waals surface area contributed by atoms with Crippen molar-refractivity contribution in [3.05, 3.63) is 71.1 Å². The quantitative estimate of drug-likeness (QED) is 0.237. The molecule has 3 heterocycles. The molecule has 0 aliphatic rings. The summed E-state index contributed by atoms with van der Waals surface area (Å²) in [5.74, 6) is -2.15. The maximum absolute atomic E-state index is 12.5. The highest BCUT2D eigenvalue weighted by Crippen LogP contribution is 2.33. The molecule has 196 valence electrons. The van der Waals surface area contributed by atoms with E-state index in [0.29, 0.717) is 21.5 Å². The topological polar surface area (TPSA) is 139 Å². The molecule has 3 aromatic heterocycles. The largest absolute Gasteiger partial charge is 0.490 e. The fourth-order valence-corrected chi connectivity index (χ4v) is 4.12. The van der Waals surface area contributed by atoms with Gasteiger partial charge in [-0.1, -0.05) is 29.8 Å². The van der Waals surface area contributed by atoms with Crippen molar-refractivity contribution in [1.29, 1.82) is 0 Å². The lowest BCUT2D eigenvalue weighted by molar-refractivity contribution is -0.192. The molecule has 0 saturated carbocycles. The summed E-state index contributed by atoms with van der Waals surface area (Å²) in [5, 5.41) is 23.3. The molecule has 0 atom stereocenters. The zero-order valence-corrected chi connectivity index (χ0v) is 20.9. The second kappa shape index (κ2) is 11.0. The Kier molecular flexibility index (Phi) is 7.73. The number of nitrogens with one attached hydrogen (secondary N) is 2. The Hall–Kier alpha value is -4.30. The van der Waals surface area contributed by atoms with E-state index >= 15 is 0 Å². The van der Waals surface area contributed by atoms with Crippen LogP contribution in [-0.4, -0.2) is 52.4 Å². The second-order valence-corrected chi connectivity index (χ2v) is 8.94. The highest BCUT2D eigenvalue weighted by atomic mass is 35.5. The Bertz CT molecular complexity index is 1610. The number of fused-ring (bicyclic) bond motifs is 1. The predicted octanol–water partition coefficient (Wildman–Crippen LogP) is 5.27. The first-order chi connectivity index (χ1) is 18.0. The number of aliphatic carboxylic acids is 1. The minimum absolute atomic E-state index is 0.0168. The molecule has 0 bridgehead atoms. The standard InChI is InChI=1S/C21H16ClN7OS.C2HF3O2/c1-29-11-14(9-24-29)18(30)8-12-3-2-4-13(7-12)20-26-21(31-28-20)25-17-6-5-16-15(19(17)22)10-23-27-16;3-2(4,5)1(6)7/h2-7,9-11H,8H2,1H3,(H,23,27)(H,25,26,28);(H,6,7). The number of Topliss-reactive ketones (excluding diaryl/α,β-unsaturated/α-hetero) is 1. The first kappa shape index (κ1) is 26.8. The van der Waals surface area contributed by atoms with Gasteiger partial charge in [-0.2, -0.15) is 32.7 Å². The van der Waals surface area contributed by atoms with E-state index in [4.69, 9.17) is 21.5 Å². The van der Waals surface area contributed by atoms with Crippen molar-refractivity contribution in [3.8, 4) is 11.4 Å². The zero-order chi connectivity index (χ0) is 27.4. The van der Waals surface area contributed by atoms with Crippen molar-refractivity contribution in [3.63, 3.8) is 0 Å². The van der Waals surface area contributed by atoms with Gasteiger partial charge in [0.15, 0.2) is 11.6 Å². The van der Waals surface area contributed by atoms with Crippen LogP contribution in [0.25, 0.3) is 22.3 Å². The molecule has 0 saturated heterocycles. The van der Waals surface area contributed by atoms with Crippen LogP contribution in [0.4, 0.5) is 24.0 Å². The highest BCUT2D eigenvalue weighted by Gasteiger charge is 2.38. The van der Waals surface area contributed by atoms with Gasteiger partial charge in [0.2, 0.25) is 5.13 Å². The number of carboxylic acids is 1. The van der Waals surface area contributed by atoms with Gasteiger partial charge < -0.3 is 10.4 Å². The van der Waals surface area contributed by atoms with Gasteiger partial charge in [-0.25, -0.2) is 4.79 Å². The molecule has 15 heteroatoms. The van der Waals surface area contributed by atoms with Gasteiger partial charge in [0.1, 0.15) is 0 Å². The number of alkyl halides is 3. The number of aromatic amines is 1. The number of nitrogens with zero attached hydrogens (tertiary/aromatic N) is 5. The number of hydrogen-bond donors (Lipinski definition) is 3. The van der Waals surface area contributed by atoms with Crippen molar-refractivity contribution in [2.24, 2.45) is 7.05 Å². The number of rotatable bonds is 6. The monoisotopic (exact) mass is 563 g/mol. The number of aromatic nitrogens is 6. The summed E-state index contributed by atoms with van der Waals surface area (Å²) >= 11 is 7.72. The van der Waals surface area contributed by atoms with Crippen molar-refractivity contribution in [1.82, 2.24) is 29.3 Å². The lowest BCUT2D eigenvalue weighted by Crippen LogP contribution is -2.21. The molecule has 0 aliphatic heterocycles. The highest BCUT2D eigenvalue weighted by molar-refractivity contribution is 7.10. The van der Waals surface area contributed by atoms with E-state index in [1.807, 2.05) is 36.4 Å². The molecule has 5 aromatic rings. The number of aryl methyl sites for hydroxylation is 1. The summed E-state index contributed by atoms with van der Waals surface area (Å²) in [4.78, 5) is 26.0. The minimum Gasteiger partial charge on any atom is -0.475 e. The molecule has 0 radical (unpaired) electrons. The van der Waals surface area contributed by atoms with Gasteiger partial charge in [-0.05, 0) is 23.8 Å². The molecule has 5 rings (SSSR count). The molecule has 3 N–H and O–H groups in total. The van der Waals surface area contributed by atoms with Gasteiger partial charge in [0.25, 0.3) is 0 Å². The van der Waals surface area contributed by atoms with E-state index in [1.165, 1.54) is 11.5 Å². The summed E-state index contributed by atoms with van der Waals surface area (Å²) in [6, 6.07) is 11.5. The smallest absolute Gasteiger partial charge is 0.475 e. The Morgan fingerprint density at radius 3 is 2.66 bits per heavy atom. The van der Waals surface area contributed by atoms with Crippen LogP contribution in [-0.2, 0) is 18.3 Å². The minimum atomic E-state index is -5.08. The van der Waals surface area contributed by atoms with Crippen molar-refractivity contribution in [2.45, 2.75) is 12.6 Å². The molecule has 0 unspecified atom stereocenters. The number of carbonyl (C=O) groups excluding carboxylic acids is 1. The Balaban J connectivity index is 0.000000426. The maximum atomic E-state index is 12.5. The summed E-state index contributed by atoms with van der Waals surface area (Å²) in [7, 11) is 1.79. The Morgan fingerprint density at radius 2 is 1.97 bits per heavy atom. The number of benzene rings is 2. The number of anilines is 2. The van der Waals surface area contributed by atoms with Gasteiger partial charge in [0.05, 0.1) is 34.2 Å². The SMILES string of the molecule is Cn1cc(C(=O)Cc2cccc(-c3nsc(Nc4ccc5[nH]ncc5c4Cl)n3)c2)cn1.O=C(O)C(F)(F)F. The van der Waals surface area contributed by atoms with Crippen molar-refractivity contribution >= 4 is 56.6 Å². The van der Waals surface area contributed by atoms with E-state index < -0.39 is 12.1 Å². The van der Waals surface area contributed by atoms with Crippen molar-refractivity contribution in [2.75, 3.05) is 5.32 Å². The number of halogens is 4. The fraction of sp³-hybridized carbons (Fsp3) is 0.130. The van der Waals surface area contributed by atoms with E-state index in [0.717, 1.165) is 27.7 Å². The molecular weight excluding hydrogens is 547 g/mol. The average Bonchev–Trinajstić information content (AvgIpc) is 3.62. The van der Waals surface area contributed by atoms with Crippen LogP contribution >= 0.6 is 23.1 Å². The summed E-state index contributed by atoms with van der Waals surface area (Å²) in [6.45, 7) is 0. The average molecular weight is 564 g/mol. The number of H-pyrrole nitrogens is 1. The lowest BCUT2D eigenvalue weighted by atomic mass is 10.0. The number of carboxylic acid groups (broad SMARTS) is 1. The molecular formula is C23H17ClF3N7O3S. The van der Waals surface area contributed by atoms with Crippen LogP contribution in [0, 0.1) is 0 Å². The van der Waals surface area contributed by atoms with Gasteiger partial charge >= 0.3 is 12.1 Å². The van der Waals surface area contributed by atoms with E-state index in [-0.39, 0.29) is 12.2 Å². The molecule has 10 nitrogen and oxygen atoms in total. The molecule has 0 spiro atoms. The van der Waals surface area contributed by atoms with Crippen LogP contribution in [0.1, 0.15) is 15.9 Å². The van der Waals surface area contributed by atoms with Gasteiger partial charge in [-0.3, -0.25) is 14.6 Å². The van der Waals surface area contributed by atoms with Gasteiger partial charge in [0, 0.05) is 42.1 Å². The molecule has 0 aliphatic carbocycles. The number of hydrogen-bond acceptors (Lipinski definition) is 8. The number of carbonyl (C=O) groups is 2. The van der Waals surface area contributed by atoms with Crippen LogP contribution < -0.4 is 5.32 Å². The molecule has 38 heavy (non-hydrogen) atoms. The third kappa shape index (κ3) is 6.33. The third-order valence-electron chi connectivity index (χ3n) is 5.05. The molecule has 0 fully saturated rings. The predicted molar refractivity (Wildman–Crippen MR) is 135 cm³/mol. The van der Waals surface area contributed by atoms with E-state index in [1.54, 1.807) is 30.3 Å². The molecule has 2 aromatic carbocycles. The Labute approximate surface area is 221 Å². The summed E-state index contributed by atoms with van der Waals surface area (Å²) < 4.78 is 37.8. The van der Waals surface area contributed by atoms with Crippen LogP contribution in [0.15, 0.2) is 55.0 Å².